The minimum atomic E-state index is -4.12. The van der Waals surface area contributed by atoms with Crippen LogP contribution in [-0.4, -0.2) is 20.4 Å². The highest BCUT2D eigenvalue weighted by molar-refractivity contribution is 7.93. The predicted octanol–water partition coefficient (Wildman–Crippen LogP) is 5.96. The van der Waals surface area contributed by atoms with Gasteiger partial charge in [-0.25, -0.2) is 8.42 Å². The van der Waals surface area contributed by atoms with E-state index in [0.29, 0.717) is 23.4 Å². The van der Waals surface area contributed by atoms with Gasteiger partial charge >= 0.3 is 0 Å². The molecule has 0 fully saturated rings. The van der Waals surface area contributed by atoms with Gasteiger partial charge in [0.2, 0.25) is 5.91 Å². The predicted molar refractivity (Wildman–Crippen MR) is 138 cm³/mol. The molecular weight excluding hydrogens is 505 g/mol. The van der Waals surface area contributed by atoms with Crippen LogP contribution >= 0.6 is 23.2 Å². The number of nitrogens with one attached hydrogen (secondary N) is 1. The first-order chi connectivity index (χ1) is 16.8. The number of carbonyl (C=O) groups excluding carboxylic acids is 1. The van der Waals surface area contributed by atoms with Crippen molar-refractivity contribution < 1.29 is 13.2 Å². The van der Waals surface area contributed by atoms with Gasteiger partial charge in [0.1, 0.15) is 6.04 Å². The summed E-state index contributed by atoms with van der Waals surface area (Å²) in [5.41, 5.74) is 2.49. The average molecular weight is 526 g/mol. The van der Waals surface area contributed by atoms with E-state index in [1.165, 1.54) is 18.2 Å². The second-order valence-corrected chi connectivity index (χ2v) is 10.6. The summed E-state index contributed by atoms with van der Waals surface area (Å²) in [5.74, 6) is -0.413. The van der Waals surface area contributed by atoms with Crippen molar-refractivity contribution in [3.63, 3.8) is 0 Å². The van der Waals surface area contributed by atoms with Crippen molar-refractivity contribution in [3.8, 4) is 6.07 Å². The van der Waals surface area contributed by atoms with Crippen LogP contribution in [0.15, 0.2) is 83.8 Å². The zero-order valence-corrected chi connectivity index (χ0v) is 20.8. The van der Waals surface area contributed by atoms with Gasteiger partial charge in [-0.15, -0.1) is 0 Å². The summed E-state index contributed by atoms with van der Waals surface area (Å²) < 4.78 is 28.5. The average Bonchev–Trinajstić information content (AvgIpc) is 2.85. The summed E-state index contributed by atoms with van der Waals surface area (Å²) in [7, 11) is -4.12. The Labute approximate surface area is 214 Å². The Kier molecular flexibility index (Phi) is 7.46. The van der Waals surface area contributed by atoms with E-state index >= 15 is 0 Å². The number of anilines is 2. The van der Waals surface area contributed by atoms with Crippen LogP contribution in [0, 0.1) is 11.3 Å². The molecule has 3 aromatic rings. The maximum absolute atomic E-state index is 13.7. The molecule has 0 saturated heterocycles. The second kappa shape index (κ2) is 10.5. The van der Waals surface area contributed by atoms with Gasteiger partial charge in [-0.3, -0.25) is 9.10 Å². The lowest BCUT2D eigenvalue weighted by atomic mass is 10.1. The second-order valence-electron chi connectivity index (χ2n) is 7.95. The van der Waals surface area contributed by atoms with Gasteiger partial charge in [0.05, 0.1) is 37.9 Å². The van der Waals surface area contributed by atoms with E-state index in [0.717, 1.165) is 16.3 Å². The Balaban J connectivity index is 1.58. The highest BCUT2D eigenvalue weighted by atomic mass is 35.5. The van der Waals surface area contributed by atoms with E-state index in [1.54, 1.807) is 36.4 Å². The molecule has 1 atom stereocenters. The molecule has 178 valence electrons. The molecule has 0 spiro atoms. The molecule has 1 aliphatic heterocycles. The van der Waals surface area contributed by atoms with E-state index in [1.807, 2.05) is 24.3 Å². The van der Waals surface area contributed by atoms with Gasteiger partial charge in [-0.05, 0) is 67.3 Å². The molecule has 9 heteroatoms. The minimum absolute atomic E-state index is 0.0498. The van der Waals surface area contributed by atoms with Gasteiger partial charge in [-0.2, -0.15) is 5.26 Å². The first kappa shape index (κ1) is 24.8. The number of benzene rings is 3. The van der Waals surface area contributed by atoms with Gasteiger partial charge in [-0.1, -0.05) is 59.6 Å². The molecule has 0 aliphatic carbocycles. The van der Waals surface area contributed by atoms with E-state index in [2.05, 4.69) is 11.4 Å². The van der Waals surface area contributed by atoms with Crippen molar-refractivity contribution in [2.45, 2.75) is 30.2 Å². The number of sulfonamides is 1. The molecule has 0 radical (unpaired) electrons. The monoisotopic (exact) mass is 525 g/mol. The molecule has 3 aromatic carbocycles. The quantitative estimate of drug-likeness (QED) is 0.385. The molecule has 0 saturated carbocycles. The maximum Gasteiger partial charge on any atom is 0.265 e. The Morgan fingerprint density at radius 2 is 1.74 bits per heavy atom. The first-order valence-corrected chi connectivity index (χ1v) is 13.0. The summed E-state index contributed by atoms with van der Waals surface area (Å²) in [6.45, 7) is 0. The fourth-order valence-electron chi connectivity index (χ4n) is 3.85. The van der Waals surface area contributed by atoms with E-state index in [4.69, 9.17) is 28.5 Å². The van der Waals surface area contributed by atoms with Crippen LogP contribution in [0.4, 0.5) is 11.4 Å². The van der Waals surface area contributed by atoms with Crippen LogP contribution in [0.1, 0.15) is 24.0 Å². The Bertz CT molecular complexity index is 1430. The normalized spacial score (nSPS) is 15.5. The maximum atomic E-state index is 13.7. The fraction of sp³-hybridized carbons (Fsp3) is 0.154. The third-order valence-electron chi connectivity index (χ3n) is 5.64. The number of aryl methyl sites for hydroxylation is 1. The molecule has 0 unspecified atom stereocenters. The molecule has 1 N–H and O–H groups in total. The number of nitrogens with zero attached hydrogens (tertiary/aromatic N) is 2. The number of halogens is 2. The van der Waals surface area contributed by atoms with Gasteiger partial charge < -0.3 is 5.32 Å². The molecule has 1 amide bonds. The lowest BCUT2D eigenvalue weighted by molar-refractivity contribution is -0.117. The number of amides is 1. The van der Waals surface area contributed by atoms with Gasteiger partial charge in [0.25, 0.3) is 10.0 Å². The number of rotatable bonds is 7. The van der Waals surface area contributed by atoms with Crippen LogP contribution in [0.3, 0.4) is 0 Å². The lowest BCUT2D eigenvalue weighted by Crippen LogP contribution is -2.50. The Hall–Kier alpha value is -3.31. The number of para-hydroxylation sites is 2. The number of allylic oxidation sites excluding steroid dienone is 1. The first-order valence-electron chi connectivity index (χ1n) is 10.8. The van der Waals surface area contributed by atoms with Crippen molar-refractivity contribution in [1.29, 1.82) is 5.26 Å². The highest BCUT2D eigenvalue weighted by Crippen LogP contribution is 2.38. The summed E-state index contributed by atoms with van der Waals surface area (Å²) in [4.78, 5) is 12.9. The zero-order valence-electron chi connectivity index (χ0n) is 18.5. The van der Waals surface area contributed by atoms with Crippen molar-refractivity contribution in [3.05, 3.63) is 100 Å². The zero-order chi connectivity index (χ0) is 25.0. The smallest absolute Gasteiger partial charge is 0.265 e. The van der Waals surface area contributed by atoms with Crippen LogP contribution < -0.4 is 9.62 Å². The molecule has 35 heavy (non-hydrogen) atoms. The minimum Gasteiger partial charge on any atom is -0.322 e. The van der Waals surface area contributed by atoms with Crippen LogP contribution in [-0.2, 0) is 21.2 Å². The Morgan fingerprint density at radius 3 is 2.46 bits per heavy atom. The number of carbonyl (C=O) groups is 1. The Morgan fingerprint density at radius 1 is 1.00 bits per heavy atom. The highest BCUT2D eigenvalue weighted by Gasteiger charge is 2.40. The van der Waals surface area contributed by atoms with Gasteiger partial charge in [0.15, 0.2) is 0 Å². The lowest BCUT2D eigenvalue weighted by Gasteiger charge is -2.36. The van der Waals surface area contributed by atoms with Crippen molar-refractivity contribution >= 4 is 50.5 Å². The number of hydrogen-bond acceptors (Lipinski definition) is 4. The summed E-state index contributed by atoms with van der Waals surface area (Å²) in [6.07, 6.45) is 5.40. The summed E-state index contributed by atoms with van der Waals surface area (Å²) >= 11 is 12.1. The van der Waals surface area contributed by atoms with Crippen molar-refractivity contribution in [2.24, 2.45) is 0 Å². The molecule has 1 aliphatic rings. The standard InChI is InChI=1S/C26H21Cl2N3O3S/c27-21-15-14-20(16-22(21)28)35(33,34)31-24-8-5-4-7-23(24)30-26(32)25(31)9-3-1-2-6-18-10-12-19(17-29)13-11-18/h1,3-5,7-8,10-16,25H,2,6,9H2,(H,30,32)/b3-1+/t25-/m1/s1. The number of nitriles is 1. The van der Waals surface area contributed by atoms with Crippen molar-refractivity contribution in [2.75, 3.05) is 9.62 Å². The van der Waals surface area contributed by atoms with E-state index in [9.17, 15) is 13.2 Å². The third kappa shape index (κ3) is 5.35. The van der Waals surface area contributed by atoms with E-state index in [-0.39, 0.29) is 21.4 Å². The summed E-state index contributed by atoms with van der Waals surface area (Å²) in [5, 5.41) is 12.1. The third-order valence-corrected chi connectivity index (χ3v) is 8.20. The van der Waals surface area contributed by atoms with Crippen LogP contribution in [0.5, 0.6) is 0 Å². The van der Waals surface area contributed by atoms with Crippen LogP contribution in [0.25, 0.3) is 0 Å². The molecule has 0 bridgehead atoms. The molecule has 0 aromatic heterocycles. The number of fused-ring (bicyclic) bond motifs is 1. The number of hydrogen-bond donors (Lipinski definition) is 1. The van der Waals surface area contributed by atoms with Crippen molar-refractivity contribution in [1.82, 2.24) is 0 Å². The van der Waals surface area contributed by atoms with Gasteiger partial charge in [0, 0.05) is 0 Å². The largest absolute Gasteiger partial charge is 0.322 e. The fourth-order valence-corrected chi connectivity index (χ4v) is 5.88. The topological polar surface area (TPSA) is 90.3 Å². The molecular formula is C26H21Cl2N3O3S. The summed E-state index contributed by atoms with van der Waals surface area (Å²) in [6, 6.07) is 19.3. The molecule has 1 heterocycles. The molecule has 4 rings (SSSR count). The van der Waals surface area contributed by atoms with E-state index < -0.39 is 22.0 Å². The van der Waals surface area contributed by atoms with Crippen LogP contribution in [0.2, 0.25) is 10.0 Å². The SMILES string of the molecule is N#Cc1ccc(CC/C=C/C[C@@H]2C(=O)Nc3ccccc3N2S(=O)(=O)c2ccc(Cl)c(Cl)c2)cc1. The molecule has 6 nitrogen and oxygen atoms in total.